The van der Waals surface area contributed by atoms with Crippen molar-refractivity contribution in [2.75, 3.05) is 0 Å². The van der Waals surface area contributed by atoms with Crippen LogP contribution < -0.4 is 0 Å². The summed E-state index contributed by atoms with van der Waals surface area (Å²) in [7, 11) is 1.24. The van der Waals surface area contributed by atoms with Crippen molar-refractivity contribution < 1.29 is 0 Å². The summed E-state index contributed by atoms with van der Waals surface area (Å²) >= 11 is 0. The van der Waals surface area contributed by atoms with Gasteiger partial charge in [-0.15, -0.1) is 0 Å². The average molecular weight is 129 g/mol. The van der Waals surface area contributed by atoms with Gasteiger partial charge in [0.25, 0.3) is 0 Å². The molecule has 0 aromatic rings. The first-order valence-corrected chi connectivity index (χ1v) is 4.46. The molecular weight excluding hydrogens is 115 g/mol. The van der Waals surface area contributed by atoms with Gasteiger partial charge in [0.2, 0.25) is 0 Å². The molecule has 1 heteroatoms. The molecule has 1 saturated heterocycles. The Bertz CT molecular complexity index is 78.5. The highest BCUT2D eigenvalue weighted by atomic mass is 31.1. The zero-order chi connectivity index (χ0) is 6.15. The van der Waals surface area contributed by atoms with Gasteiger partial charge in [-0.3, -0.25) is 0 Å². The molecule has 0 aromatic carbocycles. The Kier molecular flexibility index (Phi) is 1.82. The van der Waals surface area contributed by atoms with Crippen molar-refractivity contribution in [3.05, 3.63) is 6.42 Å². The molecule has 3 atom stereocenters. The second-order valence-electron chi connectivity index (χ2n) is 2.80. The average Bonchev–Trinajstić information content (AvgIpc) is 2.42. The van der Waals surface area contributed by atoms with E-state index >= 15 is 0 Å². The molecule has 0 aromatic heterocycles. The minimum atomic E-state index is 0.925. The van der Waals surface area contributed by atoms with E-state index in [0.717, 1.165) is 17.2 Å². The Hall–Kier alpha value is 0.300. The van der Waals surface area contributed by atoms with Crippen molar-refractivity contribution in [2.45, 2.75) is 32.1 Å². The van der Waals surface area contributed by atoms with E-state index in [1.54, 1.807) is 0 Å². The summed E-state index contributed by atoms with van der Waals surface area (Å²) in [5.41, 5.74) is 2.05. The summed E-state index contributed by atoms with van der Waals surface area (Å²) in [4.78, 5) is 0. The minimum absolute atomic E-state index is 0.925. The van der Waals surface area contributed by atoms with Crippen LogP contribution in [0.3, 0.4) is 0 Å². The lowest BCUT2D eigenvalue weighted by Gasteiger charge is -1.94. The lowest BCUT2D eigenvalue weighted by Crippen LogP contribution is -2.00. The lowest BCUT2D eigenvalue weighted by molar-refractivity contribution is 0.653. The Morgan fingerprint density at radius 3 is 2.25 bits per heavy atom. The predicted molar refractivity (Wildman–Crippen MR) is 40.7 cm³/mol. The first-order valence-electron chi connectivity index (χ1n) is 3.31. The van der Waals surface area contributed by atoms with Crippen LogP contribution in [-0.2, 0) is 0 Å². The van der Waals surface area contributed by atoms with Gasteiger partial charge in [-0.25, -0.2) is 0 Å². The second-order valence-corrected chi connectivity index (χ2v) is 4.46. The number of hydrogen-bond donors (Lipinski definition) is 0. The Balaban J connectivity index is 2.16. The molecule has 0 nitrogen and oxygen atoms in total. The molecule has 0 amide bonds. The molecule has 1 aliphatic rings. The molecule has 1 aliphatic heterocycles. The Morgan fingerprint density at radius 1 is 1.50 bits per heavy atom. The zero-order valence-corrected chi connectivity index (χ0v) is 6.81. The monoisotopic (exact) mass is 129 g/mol. The van der Waals surface area contributed by atoms with Gasteiger partial charge in [0.1, 0.15) is 5.66 Å². The molecule has 0 radical (unpaired) electrons. The van der Waals surface area contributed by atoms with Gasteiger partial charge in [0.15, 0.2) is 0 Å². The fourth-order valence-electron chi connectivity index (χ4n) is 1.08. The van der Waals surface area contributed by atoms with Gasteiger partial charge in [0.05, 0.1) is 13.3 Å². The van der Waals surface area contributed by atoms with Gasteiger partial charge in [-0.1, -0.05) is 22.4 Å². The number of hydrogen-bond acceptors (Lipinski definition) is 0. The van der Waals surface area contributed by atoms with Gasteiger partial charge < -0.3 is 0 Å². The van der Waals surface area contributed by atoms with E-state index in [4.69, 9.17) is 0 Å². The van der Waals surface area contributed by atoms with Gasteiger partial charge in [-0.05, 0) is 5.92 Å². The normalized spacial score (nSPS) is 38.5. The topological polar surface area (TPSA) is 0 Å². The third-order valence-corrected chi connectivity index (χ3v) is 3.84. The summed E-state index contributed by atoms with van der Waals surface area (Å²) < 4.78 is 0. The van der Waals surface area contributed by atoms with Crippen LogP contribution in [0, 0.1) is 12.3 Å². The predicted octanol–water partition coefficient (Wildman–Crippen LogP) is 2.30. The molecule has 8 heavy (non-hydrogen) atoms. The molecule has 0 N–H and O–H groups in total. The van der Waals surface area contributed by atoms with E-state index in [2.05, 4.69) is 27.2 Å². The van der Waals surface area contributed by atoms with Crippen molar-refractivity contribution in [3.63, 3.8) is 0 Å². The molecular formula is C7H14P+. The van der Waals surface area contributed by atoms with E-state index in [1.807, 2.05) is 0 Å². The Morgan fingerprint density at radius 2 is 2.12 bits per heavy atom. The standard InChI is InChI=1S/C7H14P/c1-4-6-7(8-6)5(2)3/h4-8H,1-3H3/q+1. The molecule has 3 unspecified atom stereocenters. The second kappa shape index (κ2) is 2.27. The molecule has 0 aliphatic carbocycles. The largest absolute Gasteiger partial charge is 0.120 e. The van der Waals surface area contributed by atoms with Crippen LogP contribution in [0.4, 0.5) is 0 Å². The minimum Gasteiger partial charge on any atom is -0.0620 e. The molecule has 1 heterocycles. The van der Waals surface area contributed by atoms with Gasteiger partial charge >= 0.3 is 0 Å². The maximum atomic E-state index is 2.35. The van der Waals surface area contributed by atoms with E-state index in [-0.39, 0.29) is 0 Å². The van der Waals surface area contributed by atoms with Crippen LogP contribution >= 0.6 is 8.58 Å². The molecule has 1 rings (SSSR count). The fourth-order valence-corrected chi connectivity index (χ4v) is 2.57. The lowest BCUT2D eigenvalue weighted by atomic mass is 10.1. The first-order chi connectivity index (χ1) is 3.75. The molecule has 0 saturated carbocycles. The summed E-state index contributed by atoms with van der Waals surface area (Å²) in [6, 6.07) is 0. The zero-order valence-electron chi connectivity index (χ0n) is 5.81. The highest BCUT2D eigenvalue weighted by Gasteiger charge is 2.44. The summed E-state index contributed by atoms with van der Waals surface area (Å²) in [6.07, 6.45) is 2.35. The van der Waals surface area contributed by atoms with Crippen LogP contribution in [0.1, 0.15) is 20.8 Å². The third-order valence-electron chi connectivity index (χ3n) is 1.74. The molecule has 46 valence electrons. The highest BCUT2D eigenvalue weighted by Crippen LogP contribution is 2.54. The van der Waals surface area contributed by atoms with Crippen molar-refractivity contribution in [1.29, 1.82) is 0 Å². The van der Waals surface area contributed by atoms with Crippen LogP contribution in [0.2, 0.25) is 0 Å². The quantitative estimate of drug-likeness (QED) is 0.396. The number of rotatable bonds is 2. The molecule has 1 fully saturated rings. The van der Waals surface area contributed by atoms with E-state index in [9.17, 15) is 0 Å². The summed E-state index contributed by atoms with van der Waals surface area (Å²) in [5, 5.41) is 0. The maximum absolute atomic E-state index is 2.35. The highest BCUT2D eigenvalue weighted by molar-refractivity contribution is 7.49. The molecule has 0 spiro atoms. The SMILES string of the molecule is C[CH+]C1PC1C(C)C. The molecule has 0 bridgehead atoms. The fraction of sp³-hybridized carbons (Fsp3) is 0.857. The van der Waals surface area contributed by atoms with Gasteiger partial charge in [0, 0.05) is 5.66 Å². The van der Waals surface area contributed by atoms with Crippen molar-refractivity contribution in [1.82, 2.24) is 0 Å². The Labute approximate surface area is 53.8 Å². The van der Waals surface area contributed by atoms with Crippen LogP contribution in [-0.4, -0.2) is 11.3 Å². The summed E-state index contributed by atoms with van der Waals surface area (Å²) in [5.74, 6) is 0.925. The van der Waals surface area contributed by atoms with Crippen LogP contribution in [0.25, 0.3) is 0 Å². The summed E-state index contributed by atoms with van der Waals surface area (Å²) in [6.45, 7) is 6.82. The van der Waals surface area contributed by atoms with Crippen LogP contribution in [0.5, 0.6) is 0 Å². The van der Waals surface area contributed by atoms with Crippen molar-refractivity contribution in [2.24, 2.45) is 5.92 Å². The third kappa shape index (κ3) is 1.17. The maximum Gasteiger partial charge on any atom is 0.120 e. The van der Waals surface area contributed by atoms with E-state index < -0.39 is 0 Å². The smallest absolute Gasteiger partial charge is 0.0620 e. The first kappa shape index (κ1) is 6.42. The van der Waals surface area contributed by atoms with Crippen LogP contribution in [0.15, 0.2) is 0 Å². The van der Waals surface area contributed by atoms with Crippen molar-refractivity contribution in [3.8, 4) is 0 Å². The van der Waals surface area contributed by atoms with E-state index in [1.165, 1.54) is 8.58 Å². The van der Waals surface area contributed by atoms with Crippen molar-refractivity contribution >= 4 is 8.58 Å². The van der Waals surface area contributed by atoms with E-state index in [0.29, 0.717) is 0 Å². The van der Waals surface area contributed by atoms with Gasteiger partial charge in [-0.2, -0.15) is 0 Å².